The van der Waals surface area contributed by atoms with Gasteiger partial charge < -0.3 is 0 Å². The van der Waals surface area contributed by atoms with E-state index in [9.17, 15) is 0 Å². The fourth-order valence-corrected chi connectivity index (χ4v) is 9.67. The maximum Gasteiger partial charge on any atom is 0.235 e. The van der Waals surface area contributed by atoms with Gasteiger partial charge in [0.25, 0.3) is 0 Å². The van der Waals surface area contributed by atoms with Gasteiger partial charge in [-0.1, -0.05) is 170 Å². The molecule has 9 aromatic carbocycles. The van der Waals surface area contributed by atoms with E-state index >= 15 is 0 Å². The summed E-state index contributed by atoms with van der Waals surface area (Å²) in [6.07, 6.45) is 0. The molecule has 4 heterocycles. The van der Waals surface area contributed by atoms with Crippen LogP contribution < -0.4 is 0 Å². The average Bonchev–Trinajstić information content (AvgIpc) is 3.89. The Balaban J connectivity index is 1.06. The first-order valence-corrected chi connectivity index (χ1v) is 21.6. The van der Waals surface area contributed by atoms with Gasteiger partial charge in [-0.05, 0) is 70.8 Å². The quantitative estimate of drug-likeness (QED) is 0.168. The second-order valence-electron chi connectivity index (χ2n) is 16.2. The van der Waals surface area contributed by atoms with Crippen molar-refractivity contribution >= 4 is 65.4 Å². The van der Waals surface area contributed by atoms with Gasteiger partial charge in [0, 0.05) is 43.4 Å². The van der Waals surface area contributed by atoms with E-state index in [1.54, 1.807) is 0 Å². The summed E-state index contributed by atoms with van der Waals surface area (Å²) in [7, 11) is 0. The van der Waals surface area contributed by atoms with Gasteiger partial charge in [0.1, 0.15) is 0 Å². The number of fused-ring (bicyclic) bond motifs is 9. The Kier molecular flexibility index (Phi) is 8.11. The Labute approximate surface area is 368 Å². The minimum absolute atomic E-state index is 0.619. The van der Waals surface area contributed by atoms with Gasteiger partial charge in [-0.25, -0.2) is 19.9 Å². The predicted molar refractivity (Wildman–Crippen MR) is 263 cm³/mol. The molecular weight excluding hydrogens is 781 g/mol. The lowest BCUT2D eigenvalue weighted by Gasteiger charge is -2.13. The first-order valence-electron chi connectivity index (χ1n) is 21.6. The van der Waals surface area contributed by atoms with Gasteiger partial charge in [-0.3, -0.25) is 9.13 Å². The Morgan fingerprint density at radius 1 is 0.250 bits per heavy atom. The molecule has 64 heavy (non-hydrogen) atoms. The summed E-state index contributed by atoms with van der Waals surface area (Å²) >= 11 is 0. The van der Waals surface area contributed by atoms with Gasteiger partial charge in [0.2, 0.25) is 11.9 Å². The van der Waals surface area contributed by atoms with Crippen molar-refractivity contribution in [1.82, 2.24) is 29.1 Å². The molecule has 298 valence electrons. The summed E-state index contributed by atoms with van der Waals surface area (Å²) in [4.78, 5) is 21.5. The van der Waals surface area contributed by atoms with Gasteiger partial charge in [-0.2, -0.15) is 0 Å². The van der Waals surface area contributed by atoms with E-state index < -0.39 is 0 Å². The van der Waals surface area contributed by atoms with Crippen molar-refractivity contribution < 1.29 is 0 Å². The molecule has 4 aromatic heterocycles. The Bertz CT molecular complexity index is 3700. The van der Waals surface area contributed by atoms with E-state index in [-0.39, 0.29) is 0 Å². The lowest BCUT2D eigenvalue weighted by molar-refractivity contribution is 1.01. The maximum absolute atomic E-state index is 5.46. The number of aromatic nitrogens is 6. The van der Waals surface area contributed by atoms with E-state index in [1.165, 1.54) is 0 Å². The van der Waals surface area contributed by atoms with Gasteiger partial charge in [0.15, 0.2) is 0 Å². The highest BCUT2D eigenvalue weighted by Crippen LogP contribution is 2.43. The zero-order valence-corrected chi connectivity index (χ0v) is 34.5. The van der Waals surface area contributed by atoms with E-state index in [0.29, 0.717) is 11.9 Å². The lowest BCUT2D eigenvalue weighted by Crippen LogP contribution is -2.04. The first-order chi connectivity index (χ1) is 31.7. The average molecular weight is 817 g/mol. The van der Waals surface area contributed by atoms with Crippen LogP contribution in [0.1, 0.15) is 0 Å². The maximum atomic E-state index is 5.46. The minimum Gasteiger partial charge on any atom is -0.278 e. The molecule has 13 rings (SSSR count). The number of para-hydroxylation sites is 4. The molecule has 0 N–H and O–H groups in total. The van der Waals surface area contributed by atoms with Crippen LogP contribution in [0.3, 0.4) is 0 Å². The molecule has 0 radical (unpaired) electrons. The lowest BCUT2D eigenvalue weighted by atomic mass is 10.00. The highest BCUT2D eigenvalue weighted by molar-refractivity contribution is 6.28. The van der Waals surface area contributed by atoms with Crippen molar-refractivity contribution in [3.63, 3.8) is 0 Å². The van der Waals surface area contributed by atoms with Gasteiger partial charge in [-0.15, -0.1) is 0 Å². The molecule has 0 saturated carbocycles. The van der Waals surface area contributed by atoms with Crippen molar-refractivity contribution in [2.24, 2.45) is 0 Å². The van der Waals surface area contributed by atoms with Crippen LogP contribution in [-0.4, -0.2) is 29.1 Å². The summed E-state index contributed by atoms with van der Waals surface area (Å²) in [5.41, 5.74) is 14.3. The topological polar surface area (TPSA) is 61.4 Å². The molecule has 0 saturated heterocycles. The second-order valence-corrected chi connectivity index (χ2v) is 16.2. The third-order valence-corrected chi connectivity index (χ3v) is 12.5. The molecule has 0 atom stereocenters. The molecule has 0 fully saturated rings. The molecule has 0 amide bonds. The van der Waals surface area contributed by atoms with Crippen molar-refractivity contribution in [3.8, 4) is 56.7 Å². The Hall–Kier alpha value is -8.74. The van der Waals surface area contributed by atoms with E-state index in [4.69, 9.17) is 19.9 Å². The normalized spacial score (nSPS) is 11.8. The molecule has 0 bridgehead atoms. The number of benzene rings is 9. The SMILES string of the molecule is c1ccc(-c2cccc(-c3nc(-n4c5ccccc5c5c6c7ccccc7n(-c7nc(-c8cccc(-c9ccccc9)c8)c8ccccc8n7)c6ccc54)nc4ccccc34)c2)cc1. The number of hydrogen-bond donors (Lipinski definition) is 0. The number of nitrogens with zero attached hydrogens (tertiary/aromatic N) is 6. The summed E-state index contributed by atoms with van der Waals surface area (Å²) in [5, 5.41) is 6.50. The van der Waals surface area contributed by atoms with Crippen LogP contribution in [0.2, 0.25) is 0 Å². The third-order valence-electron chi connectivity index (χ3n) is 12.5. The van der Waals surface area contributed by atoms with Crippen LogP contribution >= 0.6 is 0 Å². The molecular formula is C58H36N6. The standard InChI is InChI=1S/C58H36N6/c1-3-17-37(18-4-1)39-21-15-23-41(35-39)55-43-25-7-11-29-47(43)59-57(61-55)63-49-31-13-9-27-45(49)53-51(63)33-34-52-54(53)46-28-10-14-32-50(46)64(52)58-60-48-30-12-8-26-44(48)56(62-58)42-24-16-22-40(36-42)38-19-5-2-6-20-38/h1-36H. The highest BCUT2D eigenvalue weighted by Gasteiger charge is 2.24. The zero-order chi connectivity index (χ0) is 42.1. The Morgan fingerprint density at radius 2 is 0.609 bits per heavy atom. The number of rotatable bonds is 6. The van der Waals surface area contributed by atoms with Crippen LogP contribution in [0, 0.1) is 0 Å². The van der Waals surface area contributed by atoms with Gasteiger partial charge >= 0.3 is 0 Å². The fourth-order valence-electron chi connectivity index (χ4n) is 9.67. The fraction of sp³-hybridized carbons (Fsp3) is 0. The summed E-state index contributed by atoms with van der Waals surface area (Å²) < 4.78 is 4.47. The molecule has 6 heteroatoms. The summed E-state index contributed by atoms with van der Waals surface area (Å²) in [6.45, 7) is 0. The van der Waals surface area contributed by atoms with E-state index in [2.05, 4.69) is 215 Å². The van der Waals surface area contributed by atoms with Gasteiger partial charge in [0.05, 0.1) is 44.5 Å². The van der Waals surface area contributed by atoms with Crippen LogP contribution in [0.15, 0.2) is 218 Å². The first kappa shape index (κ1) is 36.0. The zero-order valence-electron chi connectivity index (χ0n) is 34.5. The highest BCUT2D eigenvalue weighted by atomic mass is 15.2. The van der Waals surface area contributed by atoms with Crippen molar-refractivity contribution in [1.29, 1.82) is 0 Å². The molecule has 0 aliphatic heterocycles. The molecule has 0 unspecified atom stereocenters. The molecule has 0 spiro atoms. The molecule has 0 aliphatic carbocycles. The van der Waals surface area contributed by atoms with E-state index in [0.717, 1.165) is 110 Å². The van der Waals surface area contributed by atoms with Crippen molar-refractivity contribution in [2.75, 3.05) is 0 Å². The van der Waals surface area contributed by atoms with Crippen molar-refractivity contribution in [3.05, 3.63) is 218 Å². The van der Waals surface area contributed by atoms with Crippen molar-refractivity contribution in [2.45, 2.75) is 0 Å². The predicted octanol–water partition coefficient (Wildman–Crippen LogP) is 14.4. The molecule has 0 aliphatic rings. The van der Waals surface area contributed by atoms with Crippen LogP contribution in [0.4, 0.5) is 0 Å². The smallest absolute Gasteiger partial charge is 0.235 e. The van der Waals surface area contributed by atoms with E-state index in [1.807, 2.05) is 12.1 Å². The largest absolute Gasteiger partial charge is 0.278 e. The number of hydrogen-bond acceptors (Lipinski definition) is 4. The second kappa shape index (κ2) is 14.4. The van der Waals surface area contributed by atoms with Crippen LogP contribution in [-0.2, 0) is 0 Å². The molecule has 13 aromatic rings. The summed E-state index contributed by atoms with van der Waals surface area (Å²) in [5.74, 6) is 1.24. The Morgan fingerprint density at radius 3 is 1.06 bits per heavy atom. The monoisotopic (exact) mass is 816 g/mol. The van der Waals surface area contributed by atoms with Crippen LogP contribution in [0.25, 0.3) is 122 Å². The summed E-state index contributed by atoms with van der Waals surface area (Å²) in [6, 6.07) is 76.6. The molecule has 6 nitrogen and oxygen atoms in total. The van der Waals surface area contributed by atoms with Crippen LogP contribution in [0.5, 0.6) is 0 Å². The minimum atomic E-state index is 0.619. The third kappa shape index (κ3) is 5.66.